The van der Waals surface area contributed by atoms with Gasteiger partial charge >= 0.3 is 0 Å². The molecule has 96 valence electrons. The smallest absolute Gasteiger partial charge is 0.119 e. The van der Waals surface area contributed by atoms with Crippen LogP contribution in [0, 0.1) is 17.2 Å². The highest BCUT2D eigenvalue weighted by atomic mass is 16.5. The minimum Gasteiger partial charge on any atom is -0.492 e. The van der Waals surface area contributed by atoms with Crippen molar-refractivity contribution in [2.75, 3.05) is 26.2 Å². The molecule has 0 unspecified atom stereocenters. The van der Waals surface area contributed by atoms with E-state index in [1.54, 1.807) is 12.1 Å². The van der Waals surface area contributed by atoms with E-state index in [-0.39, 0.29) is 0 Å². The van der Waals surface area contributed by atoms with Gasteiger partial charge in [0.25, 0.3) is 0 Å². The summed E-state index contributed by atoms with van der Waals surface area (Å²) < 4.78 is 5.68. The maximum atomic E-state index is 8.70. The topological polar surface area (TPSA) is 36.3 Å². The van der Waals surface area contributed by atoms with Crippen LogP contribution in [-0.2, 0) is 0 Å². The molecule has 0 atom stereocenters. The van der Waals surface area contributed by atoms with E-state index in [2.05, 4.69) is 17.9 Å². The van der Waals surface area contributed by atoms with Gasteiger partial charge in [-0.25, -0.2) is 0 Å². The number of hydrogen-bond donors (Lipinski definition) is 0. The van der Waals surface area contributed by atoms with Gasteiger partial charge in [0.1, 0.15) is 12.4 Å². The Hall–Kier alpha value is -1.53. The molecular weight excluding hydrogens is 224 g/mol. The lowest BCUT2D eigenvalue weighted by Crippen LogP contribution is -2.35. The van der Waals surface area contributed by atoms with Crippen LogP contribution in [0.5, 0.6) is 5.75 Å². The molecule has 1 aliphatic rings. The van der Waals surface area contributed by atoms with Crippen molar-refractivity contribution in [2.45, 2.75) is 19.8 Å². The fourth-order valence-electron chi connectivity index (χ4n) is 2.20. The van der Waals surface area contributed by atoms with Crippen LogP contribution in [0.4, 0.5) is 0 Å². The molecule has 1 aromatic rings. The van der Waals surface area contributed by atoms with E-state index in [0.717, 1.165) is 24.8 Å². The van der Waals surface area contributed by atoms with E-state index in [9.17, 15) is 0 Å². The first-order chi connectivity index (χ1) is 8.78. The molecule has 3 nitrogen and oxygen atoms in total. The number of benzene rings is 1. The van der Waals surface area contributed by atoms with Crippen LogP contribution in [-0.4, -0.2) is 31.1 Å². The molecule has 1 saturated heterocycles. The van der Waals surface area contributed by atoms with Gasteiger partial charge in [-0.3, -0.25) is 4.90 Å². The molecule has 18 heavy (non-hydrogen) atoms. The van der Waals surface area contributed by atoms with Gasteiger partial charge in [0.15, 0.2) is 0 Å². The van der Waals surface area contributed by atoms with Crippen LogP contribution < -0.4 is 4.74 Å². The summed E-state index contributed by atoms with van der Waals surface area (Å²) >= 11 is 0. The second kappa shape index (κ2) is 6.42. The van der Waals surface area contributed by atoms with Crippen molar-refractivity contribution in [1.82, 2.24) is 4.90 Å². The molecule has 0 aliphatic carbocycles. The number of likely N-dealkylation sites (tertiary alicyclic amines) is 1. The van der Waals surface area contributed by atoms with Gasteiger partial charge in [-0.15, -0.1) is 0 Å². The molecule has 0 spiro atoms. The van der Waals surface area contributed by atoms with Gasteiger partial charge in [0.2, 0.25) is 0 Å². The molecule has 1 aromatic carbocycles. The highest BCUT2D eigenvalue weighted by Gasteiger charge is 2.14. The first kappa shape index (κ1) is 12.9. The molecule has 3 heteroatoms. The van der Waals surface area contributed by atoms with E-state index in [4.69, 9.17) is 10.00 Å². The third-order valence-electron chi connectivity index (χ3n) is 3.54. The Labute approximate surface area is 109 Å². The summed E-state index contributed by atoms with van der Waals surface area (Å²) in [5, 5.41) is 8.70. The quantitative estimate of drug-likeness (QED) is 0.817. The van der Waals surface area contributed by atoms with Crippen LogP contribution in [0.15, 0.2) is 24.3 Å². The number of ether oxygens (including phenoxy) is 1. The van der Waals surface area contributed by atoms with Gasteiger partial charge in [0.05, 0.1) is 11.6 Å². The standard InChI is InChI=1S/C15H20N2O/c1-13-6-8-17(9-7-13)10-11-18-15-4-2-14(12-16)3-5-15/h2-5,13H,6-11H2,1H3. The van der Waals surface area contributed by atoms with Crippen molar-refractivity contribution in [3.8, 4) is 11.8 Å². The first-order valence-electron chi connectivity index (χ1n) is 6.63. The number of rotatable bonds is 4. The monoisotopic (exact) mass is 244 g/mol. The highest BCUT2D eigenvalue weighted by molar-refractivity contribution is 5.34. The predicted molar refractivity (Wildman–Crippen MR) is 71.5 cm³/mol. The third kappa shape index (κ3) is 3.75. The predicted octanol–water partition coefficient (Wildman–Crippen LogP) is 2.67. The molecule has 0 saturated carbocycles. The maximum absolute atomic E-state index is 8.70. The van der Waals surface area contributed by atoms with Gasteiger partial charge in [-0.1, -0.05) is 6.92 Å². The zero-order valence-corrected chi connectivity index (χ0v) is 10.9. The minimum atomic E-state index is 0.673. The van der Waals surface area contributed by atoms with Gasteiger partial charge in [0, 0.05) is 6.54 Å². The van der Waals surface area contributed by atoms with Gasteiger partial charge in [-0.2, -0.15) is 5.26 Å². The molecule has 1 aliphatic heterocycles. The summed E-state index contributed by atoms with van der Waals surface area (Å²) in [5.41, 5.74) is 0.673. The third-order valence-corrected chi connectivity index (χ3v) is 3.54. The zero-order chi connectivity index (χ0) is 12.8. The lowest BCUT2D eigenvalue weighted by Gasteiger charge is -2.29. The summed E-state index contributed by atoms with van der Waals surface area (Å²) in [5.74, 6) is 1.72. The highest BCUT2D eigenvalue weighted by Crippen LogP contribution is 2.16. The van der Waals surface area contributed by atoms with E-state index < -0.39 is 0 Å². The molecule has 0 aromatic heterocycles. The second-order valence-corrected chi connectivity index (χ2v) is 5.01. The normalized spacial score (nSPS) is 17.3. The summed E-state index contributed by atoms with van der Waals surface area (Å²) in [6.07, 6.45) is 2.60. The van der Waals surface area contributed by atoms with Gasteiger partial charge in [-0.05, 0) is 56.1 Å². The van der Waals surface area contributed by atoms with Crippen molar-refractivity contribution in [3.05, 3.63) is 29.8 Å². The fourth-order valence-corrected chi connectivity index (χ4v) is 2.20. The summed E-state index contributed by atoms with van der Waals surface area (Å²) in [4.78, 5) is 2.46. The lowest BCUT2D eigenvalue weighted by atomic mass is 9.99. The summed E-state index contributed by atoms with van der Waals surface area (Å²) in [6, 6.07) is 9.40. The van der Waals surface area contributed by atoms with E-state index >= 15 is 0 Å². The van der Waals surface area contributed by atoms with Crippen molar-refractivity contribution in [2.24, 2.45) is 5.92 Å². The zero-order valence-electron chi connectivity index (χ0n) is 10.9. The molecule has 2 rings (SSSR count). The average molecular weight is 244 g/mol. The first-order valence-corrected chi connectivity index (χ1v) is 6.63. The SMILES string of the molecule is CC1CCN(CCOc2ccc(C#N)cc2)CC1. The molecule has 1 fully saturated rings. The number of nitriles is 1. The Morgan fingerprint density at radius 3 is 2.56 bits per heavy atom. The van der Waals surface area contributed by atoms with Crippen molar-refractivity contribution < 1.29 is 4.74 Å². The van der Waals surface area contributed by atoms with E-state index in [1.807, 2.05) is 12.1 Å². The summed E-state index contributed by atoms with van der Waals surface area (Å²) in [6.45, 7) is 6.42. The Balaban J connectivity index is 1.70. The molecule has 0 amide bonds. The number of piperidine rings is 1. The number of nitrogens with zero attached hydrogens (tertiary/aromatic N) is 2. The molecular formula is C15H20N2O. The lowest BCUT2D eigenvalue weighted by molar-refractivity contribution is 0.160. The van der Waals surface area contributed by atoms with E-state index in [0.29, 0.717) is 5.56 Å². The molecule has 0 N–H and O–H groups in total. The molecule has 0 bridgehead atoms. The van der Waals surface area contributed by atoms with E-state index in [1.165, 1.54) is 25.9 Å². The van der Waals surface area contributed by atoms with Crippen molar-refractivity contribution >= 4 is 0 Å². The van der Waals surface area contributed by atoms with Crippen LogP contribution >= 0.6 is 0 Å². The van der Waals surface area contributed by atoms with Crippen LogP contribution in [0.3, 0.4) is 0 Å². The molecule has 0 radical (unpaired) electrons. The Morgan fingerprint density at radius 2 is 1.94 bits per heavy atom. The molecule has 1 heterocycles. The summed E-state index contributed by atoms with van der Waals surface area (Å²) in [7, 11) is 0. The largest absolute Gasteiger partial charge is 0.492 e. The number of hydrogen-bond acceptors (Lipinski definition) is 3. The minimum absolute atomic E-state index is 0.673. The van der Waals surface area contributed by atoms with Gasteiger partial charge < -0.3 is 4.74 Å². The Morgan fingerprint density at radius 1 is 1.28 bits per heavy atom. The maximum Gasteiger partial charge on any atom is 0.119 e. The van der Waals surface area contributed by atoms with Crippen LogP contribution in [0.1, 0.15) is 25.3 Å². The van der Waals surface area contributed by atoms with Crippen molar-refractivity contribution in [1.29, 1.82) is 5.26 Å². The fraction of sp³-hybridized carbons (Fsp3) is 0.533. The van der Waals surface area contributed by atoms with Crippen LogP contribution in [0.2, 0.25) is 0 Å². The van der Waals surface area contributed by atoms with Crippen LogP contribution in [0.25, 0.3) is 0 Å². The Bertz CT molecular complexity index is 399. The second-order valence-electron chi connectivity index (χ2n) is 5.01. The average Bonchev–Trinajstić information content (AvgIpc) is 2.42. The Kier molecular flexibility index (Phi) is 4.60. The van der Waals surface area contributed by atoms with Crippen molar-refractivity contribution in [3.63, 3.8) is 0 Å².